The van der Waals surface area contributed by atoms with Crippen LogP contribution in [-0.4, -0.2) is 5.11 Å². The molecule has 4 heteroatoms. The van der Waals surface area contributed by atoms with Gasteiger partial charge in [0.2, 0.25) is 0 Å². The zero-order chi connectivity index (χ0) is 11.7. The first-order valence-corrected chi connectivity index (χ1v) is 7.17. The van der Waals surface area contributed by atoms with Crippen molar-refractivity contribution in [3.8, 4) is 0 Å². The van der Waals surface area contributed by atoms with E-state index in [4.69, 9.17) is 0 Å². The first kappa shape index (κ1) is 12.3. The Morgan fingerprint density at radius 2 is 1.94 bits per heavy atom. The largest absolute Gasteiger partial charge is 0.383 e. The van der Waals surface area contributed by atoms with Crippen LogP contribution in [0.15, 0.2) is 39.3 Å². The summed E-state index contributed by atoms with van der Waals surface area (Å²) in [5.74, 6) is 0. The van der Waals surface area contributed by atoms with E-state index in [1.807, 2.05) is 37.3 Å². The highest BCUT2D eigenvalue weighted by Crippen LogP contribution is 2.33. The van der Waals surface area contributed by atoms with E-state index >= 15 is 0 Å². The molecule has 1 aromatic carbocycles. The second kappa shape index (κ2) is 5.00. The molecular formula is C12H10Br2OS. The molecule has 0 aliphatic rings. The molecule has 0 aliphatic carbocycles. The molecule has 0 fully saturated rings. The standard InChI is InChI=1S/C12H10Br2OS/c1-7-2-5-11(16-7)12(15)9-4-3-8(13)6-10(9)14/h2-6,12,15H,1H3. The minimum absolute atomic E-state index is 0.554. The molecule has 1 N–H and O–H groups in total. The highest BCUT2D eigenvalue weighted by molar-refractivity contribution is 9.11. The maximum Gasteiger partial charge on any atom is 0.114 e. The van der Waals surface area contributed by atoms with Crippen LogP contribution in [0, 0.1) is 6.92 Å². The fourth-order valence-electron chi connectivity index (χ4n) is 1.48. The van der Waals surface area contributed by atoms with Gasteiger partial charge in [0.25, 0.3) is 0 Å². The number of aliphatic hydroxyl groups excluding tert-OH is 1. The third kappa shape index (κ3) is 2.56. The minimum atomic E-state index is -0.554. The van der Waals surface area contributed by atoms with Gasteiger partial charge in [-0.15, -0.1) is 11.3 Å². The van der Waals surface area contributed by atoms with Crippen molar-refractivity contribution in [3.05, 3.63) is 54.6 Å². The molecule has 0 saturated carbocycles. The molecule has 0 saturated heterocycles. The Morgan fingerprint density at radius 1 is 1.19 bits per heavy atom. The van der Waals surface area contributed by atoms with Crippen LogP contribution in [0.2, 0.25) is 0 Å². The maximum atomic E-state index is 10.2. The van der Waals surface area contributed by atoms with Crippen molar-refractivity contribution in [3.63, 3.8) is 0 Å². The molecular weight excluding hydrogens is 352 g/mol. The molecule has 0 bridgehead atoms. The number of rotatable bonds is 2. The van der Waals surface area contributed by atoms with Crippen LogP contribution >= 0.6 is 43.2 Å². The van der Waals surface area contributed by atoms with Crippen LogP contribution in [0.1, 0.15) is 21.4 Å². The van der Waals surface area contributed by atoms with Crippen molar-refractivity contribution in [2.24, 2.45) is 0 Å². The SMILES string of the molecule is Cc1ccc(C(O)c2ccc(Br)cc2Br)s1. The Labute approximate surface area is 115 Å². The quantitative estimate of drug-likeness (QED) is 0.824. The fraction of sp³-hybridized carbons (Fsp3) is 0.167. The van der Waals surface area contributed by atoms with Crippen LogP contribution in [0.25, 0.3) is 0 Å². The van der Waals surface area contributed by atoms with Crippen molar-refractivity contribution in [2.45, 2.75) is 13.0 Å². The summed E-state index contributed by atoms with van der Waals surface area (Å²) in [5, 5.41) is 10.2. The molecule has 0 aliphatic heterocycles. The van der Waals surface area contributed by atoms with Gasteiger partial charge in [-0.3, -0.25) is 0 Å². The van der Waals surface area contributed by atoms with E-state index in [0.717, 1.165) is 19.4 Å². The Bertz CT molecular complexity index is 507. The van der Waals surface area contributed by atoms with Gasteiger partial charge >= 0.3 is 0 Å². The van der Waals surface area contributed by atoms with Gasteiger partial charge in [-0.05, 0) is 31.2 Å². The van der Waals surface area contributed by atoms with E-state index in [0.29, 0.717) is 0 Å². The minimum Gasteiger partial charge on any atom is -0.383 e. The van der Waals surface area contributed by atoms with Crippen molar-refractivity contribution in [2.75, 3.05) is 0 Å². The fourth-order valence-corrected chi connectivity index (χ4v) is 3.62. The molecule has 2 rings (SSSR count). The monoisotopic (exact) mass is 360 g/mol. The predicted octanol–water partition coefficient (Wildman–Crippen LogP) is 4.66. The van der Waals surface area contributed by atoms with E-state index in [1.54, 1.807) is 11.3 Å². The number of aliphatic hydroxyl groups is 1. The molecule has 1 heterocycles. The number of hydrogen-bond acceptors (Lipinski definition) is 2. The van der Waals surface area contributed by atoms with Gasteiger partial charge in [0.1, 0.15) is 6.10 Å². The van der Waals surface area contributed by atoms with E-state index in [1.165, 1.54) is 4.88 Å². The van der Waals surface area contributed by atoms with Crippen LogP contribution in [0.4, 0.5) is 0 Å². The van der Waals surface area contributed by atoms with Gasteiger partial charge in [-0.1, -0.05) is 37.9 Å². The van der Waals surface area contributed by atoms with Gasteiger partial charge in [0, 0.05) is 24.3 Å². The normalized spacial score (nSPS) is 12.8. The first-order valence-electron chi connectivity index (χ1n) is 4.77. The smallest absolute Gasteiger partial charge is 0.114 e. The zero-order valence-corrected chi connectivity index (χ0v) is 12.6. The summed E-state index contributed by atoms with van der Waals surface area (Å²) in [5.41, 5.74) is 0.894. The molecule has 1 aromatic heterocycles. The number of aryl methyl sites for hydroxylation is 1. The van der Waals surface area contributed by atoms with Crippen molar-refractivity contribution >= 4 is 43.2 Å². The maximum absolute atomic E-state index is 10.2. The van der Waals surface area contributed by atoms with Gasteiger partial charge in [-0.2, -0.15) is 0 Å². The average molecular weight is 362 g/mol. The Kier molecular flexibility index (Phi) is 3.85. The number of thiophene rings is 1. The lowest BCUT2D eigenvalue weighted by Gasteiger charge is -2.11. The summed E-state index contributed by atoms with van der Waals surface area (Å²) >= 11 is 8.48. The average Bonchev–Trinajstić information content (AvgIpc) is 2.64. The van der Waals surface area contributed by atoms with Crippen molar-refractivity contribution < 1.29 is 5.11 Å². The lowest BCUT2D eigenvalue weighted by atomic mass is 10.1. The Morgan fingerprint density at radius 3 is 2.50 bits per heavy atom. The third-order valence-electron chi connectivity index (χ3n) is 2.29. The van der Waals surface area contributed by atoms with Crippen LogP contribution in [0.3, 0.4) is 0 Å². The molecule has 1 nitrogen and oxygen atoms in total. The lowest BCUT2D eigenvalue weighted by molar-refractivity contribution is 0.223. The van der Waals surface area contributed by atoms with E-state index in [2.05, 4.69) is 31.9 Å². The molecule has 0 amide bonds. The molecule has 1 atom stereocenters. The number of halogens is 2. The third-order valence-corrected chi connectivity index (χ3v) is 4.52. The lowest BCUT2D eigenvalue weighted by Crippen LogP contribution is -1.97. The van der Waals surface area contributed by atoms with Gasteiger partial charge in [-0.25, -0.2) is 0 Å². The highest BCUT2D eigenvalue weighted by Gasteiger charge is 2.15. The second-order valence-corrected chi connectivity index (χ2v) is 6.61. The zero-order valence-electron chi connectivity index (χ0n) is 8.58. The van der Waals surface area contributed by atoms with E-state index < -0.39 is 6.10 Å². The van der Waals surface area contributed by atoms with E-state index in [9.17, 15) is 5.11 Å². The molecule has 0 radical (unpaired) electrons. The summed E-state index contributed by atoms with van der Waals surface area (Å²) in [6.45, 7) is 2.04. The van der Waals surface area contributed by atoms with Crippen LogP contribution in [0.5, 0.6) is 0 Å². The summed E-state index contributed by atoms with van der Waals surface area (Å²) in [6, 6.07) is 9.80. The first-order chi connectivity index (χ1) is 7.58. The van der Waals surface area contributed by atoms with Crippen LogP contribution in [-0.2, 0) is 0 Å². The predicted molar refractivity (Wildman–Crippen MR) is 75.0 cm³/mol. The number of hydrogen-bond donors (Lipinski definition) is 1. The topological polar surface area (TPSA) is 20.2 Å². The summed E-state index contributed by atoms with van der Waals surface area (Å²) in [4.78, 5) is 2.18. The molecule has 16 heavy (non-hydrogen) atoms. The number of benzene rings is 1. The Hall–Kier alpha value is -0.160. The summed E-state index contributed by atoms with van der Waals surface area (Å²) in [7, 11) is 0. The molecule has 2 aromatic rings. The molecule has 84 valence electrons. The molecule has 1 unspecified atom stereocenters. The summed E-state index contributed by atoms with van der Waals surface area (Å²) < 4.78 is 1.91. The van der Waals surface area contributed by atoms with Crippen molar-refractivity contribution in [1.29, 1.82) is 0 Å². The highest BCUT2D eigenvalue weighted by atomic mass is 79.9. The second-order valence-electron chi connectivity index (χ2n) is 3.52. The van der Waals surface area contributed by atoms with Gasteiger partial charge < -0.3 is 5.11 Å². The van der Waals surface area contributed by atoms with E-state index in [-0.39, 0.29) is 0 Å². The summed E-state index contributed by atoms with van der Waals surface area (Å²) in [6.07, 6.45) is -0.554. The molecule has 0 spiro atoms. The Balaban J connectivity index is 2.37. The van der Waals surface area contributed by atoms with Gasteiger partial charge in [0.15, 0.2) is 0 Å². The van der Waals surface area contributed by atoms with Gasteiger partial charge in [0.05, 0.1) is 0 Å². The van der Waals surface area contributed by atoms with Crippen LogP contribution < -0.4 is 0 Å². The van der Waals surface area contributed by atoms with Crippen molar-refractivity contribution in [1.82, 2.24) is 0 Å².